The standard InChI is InChI=1S/C11H15BrFNO/c1-3-14-11(7-15-2)8-4-5-9(12)10(13)6-8/h4-6,11,14H,3,7H2,1-2H3. The molecule has 0 saturated carbocycles. The summed E-state index contributed by atoms with van der Waals surface area (Å²) in [4.78, 5) is 0. The molecule has 0 aromatic heterocycles. The Hall–Kier alpha value is -0.450. The molecule has 2 nitrogen and oxygen atoms in total. The van der Waals surface area contributed by atoms with Crippen molar-refractivity contribution in [3.05, 3.63) is 34.1 Å². The second kappa shape index (κ2) is 6.20. The van der Waals surface area contributed by atoms with Gasteiger partial charge in [-0.05, 0) is 40.2 Å². The van der Waals surface area contributed by atoms with Crippen LogP contribution in [-0.4, -0.2) is 20.3 Å². The number of hydrogen-bond acceptors (Lipinski definition) is 2. The maximum absolute atomic E-state index is 13.3. The van der Waals surface area contributed by atoms with E-state index < -0.39 is 0 Å². The molecule has 0 saturated heterocycles. The minimum atomic E-state index is -0.244. The fraction of sp³-hybridized carbons (Fsp3) is 0.455. The zero-order valence-corrected chi connectivity index (χ0v) is 10.5. The van der Waals surface area contributed by atoms with Crippen LogP contribution in [0.15, 0.2) is 22.7 Å². The molecule has 4 heteroatoms. The highest BCUT2D eigenvalue weighted by molar-refractivity contribution is 9.10. The molecule has 0 fully saturated rings. The van der Waals surface area contributed by atoms with Gasteiger partial charge in [-0.1, -0.05) is 13.0 Å². The Morgan fingerprint density at radius 2 is 2.27 bits per heavy atom. The summed E-state index contributed by atoms with van der Waals surface area (Å²) in [5.41, 5.74) is 0.902. The van der Waals surface area contributed by atoms with E-state index in [1.54, 1.807) is 13.2 Å². The second-order valence-electron chi connectivity index (χ2n) is 3.24. The summed E-state index contributed by atoms with van der Waals surface area (Å²) in [5.74, 6) is -0.244. The van der Waals surface area contributed by atoms with Gasteiger partial charge in [0.25, 0.3) is 0 Å². The van der Waals surface area contributed by atoms with E-state index in [4.69, 9.17) is 4.74 Å². The van der Waals surface area contributed by atoms with E-state index in [1.807, 2.05) is 13.0 Å². The van der Waals surface area contributed by atoms with Crippen molar-refractivity contribution in [3.63, 3.8) is 0 Å². The lowest BCUT2D eigenvalue weighted by atomic mass is 10.1. The van der Waals surface area contributed by atoms with Gasteiger partial charge in [0.15, 0.2) is 0 Å². The molecule has 0 aliphatic rings. The highest BCUT2D eigenvalue weighted by atomic mass is 79.9. The Kier molecular flexibility index (Phi) is 5.22. The number of likely N-dealkylation sites (N-methyl/N-ethyl adjacent to an activating group) is 1. The molecule has 1 unspecified atom stereocenters. The first-order valence-electron chi connectivity index (χ1n) is 4.86. The van der Waals surface area contributed by atoms with E-state index in [1.165, 1.54) is 6.07 Å². The normalized spacial score (nSPS) is 12.8. The van der Waals surface area contributed by atoms with Crippen molar-refractivity contribution in [2.45, 2.75) is 13.0 Å². The van der Waals surface area contributed by atoms with Gasteiger partial charge in [-0.3, -0.25) is 0 Å². The van der Waals surface area contributed by atoms with Gasteiger partial charge in [0.2, 0.25) is 0 Å². The molecule has 0 bridgehead atoms. The number of nitrogens with one attached hydrogen (secondary N) is 1. The van der Waals surface area contributed by atoms with Crippen LogP contribution >= 0.6 is 15.9 Å². The smallest absolute Gasteiger partial charge is 0.137 e. The Labute approximate surface area is 98.0 Å². The van der Waals surface area contributed by atoms with Gasteiger partial charge in [-0.25, -0.2) is 4.39 Å². The summed E-state index contributed by atoms with van der Waals surface area (Å²) in [7, 11) is 1.64. The SMILES string of the molecule is CCNC(COC)c1ccc(Br)c(F)c1. The molecule has 15 heavy (non-hydrogen) atoms. The first kappa shape index (κ1) is 12.6. The third kappa shape index (κ3) is 3.55. The zero-order valence-electron chi connectivity index (χ0n) is 8.89. The molecule has 0 heterocycles. The molecule has 0 radical (unpaired) electrons. The average Bonchev–Trinajstić information content (AvgIpc) is 2.22. The summed E-state index contributed by atoms with van der Waals surface area (Å²) in [6, 6.07) is 5.17. The van der Waals surface area contributed by atoms with Crippen molar-refractivity contribution < 1.29 is 9.13 Å². The van der Waals surface area contributed by atoms with Crippen LogP contribution in [0.5, 0.6) is 0 Å². The molecule has 84 valence electrons. The van der Waals surface area contributed by atoms with E-state index in [9.17, 15) is 4.39 Å². The minimum Gasteiger partial charge on any atom is -0.383 e. The van der Waals surface area contributed by atoms with Crippen molar-refractivity contribution in [2.24, 2.45) is 0 Å². The summed E-state index contributed by atoms with van der Waals surface area (Å²) in [6.07, 6.45) is 0. The first-order valence-corrected chi connectivity index (χ1v) is 5.65. The summed E-state index contributed by atoms with van der Waals surface area (Å²) >= 11 is 3.13. The molecule has 0 amide bonds. The maximum Gasteiger partial charge on any atom is 0.137 e. The van der Waals surface area contributed by atoms with Crippen LogP contribution in [0.4, 0.5) is 4.39 Å². The van der Waals surface area contributed by atoms with Crippen LogP contribution in [0, 0.1) is 5.82 Å². The van der Waals surface area contributed by atoms with Gasteiger partial charge in [-0.2, -0.15) is 0 Å². The lowest BCUT2D eigenvalue weighted by molar-refractivity contribution is 0.167. The minimum absolute atomic E-state index is 0.0441. The van der Waals surface area contributed by atoms with E-state index in [0.717, 1.165) is 12.1 Å². The second-order valence-corrected chi connectivity index (χ2v) is 4.09. The van der Waals surface area contributed by atoms with E-state index in [-0.39, 0.29) is 11.9 Å². The molecule has 1 aromatic rings. The lowest BCUT2D eigenvalue weighted by Gasteiger charge is -2.17. The quantitative estimate of drug-likeness (QED) is 0.892. The van der Waals surface area contributed by atoms with Crippen molar-refractivity contribution >= 4 is 15.9 Å². The van der Waals surface area contributed by atoms with Crippen molar-refractivity contribution in [1.29, 1.82) is 0 Å². The molecule has 0 aliphatic carbocycles. The van der Waals surface area contributed by atoms with Gasteiger partial charge in [-0.15, -0.1) is 0 Å². The highest BCUT2D eigenvalue weighted by Gasteiger charge is 2.11. The van der Waals surface area contributed by atoms with Gasteiger partial charge in [0, 0.05) is 7.11 Å². The predicted octanol–water partition coefficient (Wildman–Crippen LogP) is 2.89. The van der Waals surface area contributed by atoms with Crippen LogP contribution in [0.25, 0.3) is 0 Å². The van der Waals surface area contributed by atoms with Gasteiger partial charge < -0.3 is 10.1 Å². The highest BCUT2D eigenvalue weighted by Crippen LogP contribution is 2.20. The largest absolute Gasteiger partial charge is 0.383 e. The fourth-order valence-electron chi connectivity index (χ4n) is 1.42. The van der Waals surface area contributed by atoms with Crippen LogP contribution in [-0.2, 0) is 4.74 Å². The van der Waals surface area contributed by atoms with Gasteiger partial charge in [0.1, 0.15) is 5.82 Å². The van der Waals surface area contributed by atoms with Crippen LogP contribution < -0.4 is 5.32 Å². The van der Waals surface area contributed by atoms with E-state index in [0.29, 0.717) is 11.1 Å². The van der Waals surface area contributed by atoms with Gasteiger partial charge >= 0.3 is 0 Å². The zero-order chi connectivity index (χ0) is 11.3. The number of rotatable bonds is 5. The van der Waals surface area contributed by atoms with Crippen molar-refractivity contribution in [1.82, 2.24) is 5.32 Å². The topological polar surface area (TPSA) is 21.3 Å². The van der Waals surface area contributed by atoms with Crippen LogP contribution in [0.3, 0.4) is 0 Å². The number of benzene rings is 1. The van der Waals surface area contributed by atoms with Gasteiger partial charge in [0.05, 0.1) is 17.1 Å². The number of hydrogen-bond donors (Lipinski definition) is 1. The Balaban J connectivity index is 2.85. The molecule has 1 aromatic carbocycles. The van der Waals surface area contributed by atoms with Crippen LogP contribution in [0.1, 0.15) is 18.5 Å². The van der Waals surface area contributed by atoms with Crippen LogP contribution in [0.2, 0.25) is 0 Å². The van der Waals surface area contributed by atoms with Crippen molar-refractivity contribution in [2.75, 3.05) is 20.3 Å². The molecule has 0 spiro atoms. The summed E-state index contributed by atoms with van der Waals surface area (Å²) in [6.45, 7) is 3.37. The fourth-order valence-corrected chi connectivity index (χ4v) is 1.66. The molecular formula is C11H15BrFNO. The third-order valence-electron chi connectivity index (χ3n) is 2.13. The Morgan fingerprint density at radius 3 is 2.80 bits per heavy atom. The lowest BCUT2D eigenvalue weighted by Crippen LogP contribution is -2.24. The molecular weight excluding hydrogens is 261 g/mol. The maximum atomic E-state index is 13.3. The third-order valence-corrected chi connectivity index (χ3v) is 2.77. The number of ether oxygens (including phenoxy) is 1. The molecule has 0 aliphatic heterocycles. The van der Waals surface area contributed by atoms with E-state index in [2.05, 4.69) is 21.2 Å². The molecule has 1 N–H and O–H groups in total. The Bertz CT molecular complexity index is 313. The monoisotopic (exact) mass is 275 g/mol. The summed E-state index contributed by atoms with van der Waals surface area (Å²) in [5, 5.41) is 3.24. The number of methoxy groups -OCH3 is 1. The van der Waals surface area contributed by atoms with Crippen molar-refractivity contribution in [3.8, 4) is 0 Å². The predicted molar refractivity (Wildman–Crippen MR) is 62.4 cm³/mol. The molecule has 1 rings (SSSR count). The molecule has 1 atom stereocenters. The Morgan fingerprint density at radius 1 is 1.53 bits per heavy atom. The number of halogens is 2. The van der Waals surface area contributed by atoms with E-state index >= 15 is 0 Å². The average molecular weight is 276 g/mol. The first-order chi connectivity index (χ1) is 7.19. The summed E-state index contributed by atoms with van der Waals surface area (Å²) < 4.78 is 18.9.